The van der Waals surface area contributed by atoms with Crippen molar-refractivity contribution >= 4 is 23.0 Å². The molecule has 35 heavy (non-hydrogen) atoms. The van der Waals surface area contributed by atoms with E-state index >= 15 is 0 Å². The Morgan fingerprint density at radius 2 is 1.77 bits per heavy atom. The Balaban J connectivity index is 1.77. The number of hydrogen-bond donors (Lipinski definition) is 1. The summed E-state index contributed by atoms with van der Waals surface area (Å²) in [5.41, 5.74) is -2.08. The second kappa shape index (κ2) is 9.20. The van der Waals surface area contributed by atoms with Gasteiger partial charge in [0.1, 0.15) is 5.69 Å². The van der Waals surface area contributed by atoms with Gasteiger partial charge in [-0.15, -0.1) is 0 Å². The highest BCUT2D eigenvalue weighted by Gasteiger charge is 2.32. The van der Waals surface area contributed by atoms with Crippen molar-refractivity contribution in [1.29, 1.82) is 0 Å². The average molecular weight is 487 g/mol. The summed E-state index contributed by atoms with van der Waals surface area (Å²) in [6.45, 7) is 2.72. The van der Waals surface area contributed by atoms with E-state index in [4.69, 9.17) is 0 Å². The molecular formula is C23H20F3N5O4. The van der Waals surface area contributed by atoms with Crippen molar-refractivity contribution in [3.8, 4) is 5.69 Å². The molecule has 1 saturated heterocycles. The Labute approximate surface area is 196 Å². The topological polar surface area (TPSA) is 110 Å². The van der Waals surface area contributed by atoms with E-state index in [1.165, 1.54) is 37.3 Å². The molecular weight excluding hydrogens is 467 g/mol. The summed E-state index contributed by atoms with van der Waals surface area (Å²) in [4.78, 5) is 38.3. The summed E-state index contributed by atoms with van der Waals surface area (Å²) in [5, 5.41) is 17.9. The molecule has 1 fully saturated rings. The molecule has 0 saturated carbocycles. The lowest BCUT2D eigenvalue weighted by Gasteiger charge is -2.23. The number of aromatic nitrogens is 2. The number of halogens is 3. The molecule has 0 unspecified atom stereocenters. The van der Waals surface area contributed by atoms with Gasteiger partial charge in [-0.25, -0.2) is 4.68 Å². The summed E-state index contributed by atoms with van der Waals surface area (Å²) in [7, 11) is 0. The van der Waals surface area contributed by atoms with Crippen molar-refractivity contribution in [2.75, 3.05) is 23.3 Å². The van der Waals surface area contributed by atoms with Gasteiger partial charge in [0, 0.05) is 30.9 Å². The quantitative estimate of drug-likeness (QED) is 0.424. The fourth-order valence-electron chi connectivity index (χ4n) is 3.97. The number of amides is 1. The zero-order valence-corrected chi connectivity index (χ0v) is 18.5. The first kappa shape index (κ1) is 23.9. The molecule has 0 bridgehead atoms. The van der Waals surface area contributed by atoms with Crippen molar-refractivity contribution in [1.82, 2.24) is 9.78 Å². The second-order valence-corrected chi connectivity index (χ2v) is 8.03. The molecule has 2 aromatic carbocycles. The van der Waals surface area contributed by atoms with Crippen LogP contribution in [0, 0.1) is 17.0 Å². The van der Waals surface area contributed by atoms with Crippen LogP contribution in [0.5, 0.6) is 0 Å². The van der Waals surface area contributed by atoms with E-state index in [-0.39, 0.29) is 22.8 Å². The number of nitro benzene ring substituents is 1. The maximum Gasteiger partial charge on any atom is 0.416 e. The van der Waals surface area contributed by atoms with Gasteiger partial charge >= 0.3 is 6.18 Å². The number of benzene rings is 2. The maximum atomic E-state index is 13.3. The minimum absolute atomic E-state index is 0.0286. The fraction of sp³-hybridized carbons (Fsp3) is 0.261. The molecule has 0 atom stereocenters. The van der Waals surface area contributed by atoms with Crippen molar-refractivity contribution in [3.63, 3.8) is 0 Å². The number of rotatable bonds is 5. The number of nitrogens with zero attached hydrogens (tertiary/aromatic N) is 4. The van der Waals surface area contributed by atoms with Crippen LogP contribution in [0.2, 0.25) is 0 Å². The van der Waals surface area contributed by atoms with Gasteiger partial charge in [-0.05, 0) is 44.0 Å². The third kappa shape index (κ3) is 4.86. The minimum Gasteiger partial charge on any atom is -0.370 e. The van der Waals surface area contributed by atoms with Gasteiger partial charge in [0.25, 0.3) is 11.6 Å². The van der Waals surface area contributed by atoms with E-state index in [2.05, 4.69) is 10.4 Å². The number of carbonyl (C=O) groups is 1. The minimum atomic E-state index is -4.63. The highest BCUT2D eigenvalue weighted by molar-refractivity contribution is 6.04. The Kier molecular flexibility index (Phi) is 6.29. The molecule has 4 rings (SSSR count). The van der Waals surface area contributed by atoms with Crippen LogP contribution in [-0.4, -0.2) is 33.7 Å². The lowest BCUT2D eigenvalue weighted by molar-refractivity contribution is -0.384. The van der Waals surface area contributed by atoms with Gasteiger partial charge in [-0.1, -0.05) is 12.1 Å². The molecule has 1 amide bonds. The molecule has 3 aromatic rings. The second-order valence-electron chi connectivity index (χ2n) is 8.03. The van der Waals surface area contributed by atoms with Gasteiger partial charge in [0.2, 0.25) is 5.43 Å². The first-order chi connectivity index (χ1) is 16.6. The van der Waals surface area contributed by atoms with Gasteiger partial charge in [0.05, 0.1) is 21.9 Å². The number of para-hydroxylation sites is 2. The molecule has 1 aliphatic rings. The Bertz CT molecular complexity index is 1360. The lowest BCUT2D eigenvalue weighted by atomic mass is 10.1. The van der Waals surface area contributed by atoms with E-state index < -0.39 is 33.7 Å². The Morgan fingerprint density at radius 3 is 2.43 bits per heavy atom. The van der Waals surface area contributed by atoms with Crippen LogP contribution in [0.1, 0.15) is 34.6 Å². The molecule has 0 radical (unpaired) electrons. The molecule has 9 nitrogen and oxygen atoms in total. The van der Waals surface area contributed by atoms with Crippen LogP contribution >= 0.6 is 0 Å². The van der Waals surface area contributed by atoms with E-state index in [1.54, 1.807) is 0 Å². The van der Waals surface area contributed by atoms with E-state index in [1.807, 2.05) is 4.90 Å². The number of anilines is 2. The predicted octanol–water partition coefficient (Wildman–Crippen LogP) is 4.32. The maximum absolute atomic E-state index is 13.3. The average Bonchev–Trinajstić information content (AvgIpc) is 3.33. The van der Waals surface area contributed by atoms with Crippen molar-refractivity contribution in [3.05, 3.63) is 85.8 Å². The van der Waals surface area contributed by atoms with Crippen LogP contribution in [-0.2, 0) is 6.18 Å². The molecule has 1 aliphatic heterocycles. The van der Waals surface area contributed by atoms with Crippen LogP contribution in [0.25, 0.3) is 5.69 Å². The number of carbonyl (C=O) groups excluding carboxylic acids is 1. The van der Waals surface area contributed by atoms with Gasteiger partial charge in [-0.2, -0.15) is 18.3 Å². The first-order valence-corrected chi connectivity index (χ1v) is 10.7. The molecule has 1 N–H and O–H groups in total. The highest BCUT2D eigenvalue weighted by atomic mass is 19.4. The summed E-state index contributed by atoms with van der Waals surface area (Å²) in [5.74, 6) is -1.03. The molecule has 2 heterocycles. The van der Waals surface area contributed by atoms with Gasteiger partial charge < -0.3 is 10.2 Å². The smallest absolute Gasteiger partial charge is 0.370 e. The Morgan fingerprint density at radius 1 is 1.09 bits per heavy atom. The summed E-state index contributed by atoms with van der Waals surface area (Å²) >= 11 is 0. The third-order valence-electron chi connectivity index (χ3n) is 5.65. The van der Waals surface area contributed by atoms with Crippen molar-refractivity contribution in [2.24, 2.45) is 0 Å². The van der Waals surface area contributed by atoms with Crippen LogP contribution in [0.4, 0.5) is 30.2 Å². The molecule has 12 heteroatoms. The van der Waals surface area contributed by atoms with E-state index in [0.29, 0.717) is 18.8 Å². The number of nitrogens with one attached hydrogen (secondary N) is 1. The predicted molar refractivity (Wildman–Crippen MR) is 122 cm³/mol. The molecule has 1 aromatic heterocycles. The van der Waals surface area contributed by atoms with Crippen LogP contribution in [0.15, 0.2) is 53.3 Å². The summed E-state index contributed by atoms with van der Waals surface area (Å²) in [6, 6.07) is 9.79. The fourth-order valence-corrected chi connectivity index (χ4v) is 3.97. The van der Waals surface area contributed by atoms with E-state index in [0.717, 1.165) is 35.7 Å². The largest absolute Gasteiger partial charge is 0.416 e. The SMILES string of the molecule is Cc1cc(=O)c(C(=O)Nc2cc(C(F)(F)F)ccc2N2CCCC2)nn1-c1ccccc1[N+](=O)[O-]. The number of aryl methyl sites for hydroxylation is 1. The molecule has 182 valence electrons. The Hall–Kier alpha value is -4.22. The zero-order chi connectivity index (χ0) is 25.3. The normalized spacial score (nSPS) is 13.7. The van der Waals surface area contributed by atoms with Crippen molar-refractivity contribution in [2.45, 2.75) is 25.9 Å². The summed E-state index contributed by atoms with van der Waals surface area (Å²) < 4.78 is 41.1. The number of nitro groups is 1. The molecule has 0 aliphatic carbocycles. The first-order valence-electron chi connectivity index (χ1n) is 10.7. The lowest BCUT2D eigenvalue weighted by Crippen LogP contribution is -2.28. The van der Waals surface area contributed by atoms with Crippen LogP contribution < -0.4 is 15.6 Å². The third-order valence-corrected chi connectivity index (χ3v) is 5.65. The van der Waals surface area contributed by atoms with Crippen molar-refractivity contribution < 1.29 is 22.9 Å². The zero-order valence-electron chi connectivity index (χ0n) is 18.5. The standard InChI is InChI=1S/C23H20F3N5O4/c1-14-12-20(32)21(28-30(14)18-6-2-3-7-19(18)31(34)35)22(33)27-16-13-15(23(24,25)26)8-9-17(16)29-10-4-5-11-29/h2-3,6-9,12-13H,4-5,10-11H2,1H3,(H,27,33). The number of alkyl halides is 3. The summed E-state index contributed by atoms with van der Waals surface area (Å²) in [6.07, 6.45) is -2.92. The monoisotopic (exact) mass is 487 g/mol. The van der Waals surface area contributed by atoms with Gasteiger partial charge in [0.15, 0.2) is 5.69 Å². The highest BCUT2D eigenvalue weighted by Crippen LogP contribution is 2.36. The van der Waals surface area contributed by atoms with E-state index in [9.17, 15) is 32.9 Å². The number of hydrogen-bond acceptors (Lipinski definition) is 6. The van der Waals surface area contributed by atoms with Crippen LogP contribution in [0.3, 0.4) is 0 Å². The van der Waals surface area contributed by atoms with Gasteiger partial charge in [-0.3, -0.25) is 19.7 Å². The molecule has 0 spiro atoms.